The number of fused-ring (bicyclic) bond motifs is 1. The molecule has 0 fully saturated rings. The van der Waals surface area contributed by atoms with Crippen LogP contribution in [0.4, 0.5) is 0 Å². The summed E-state index contributed by atoms with van der Waals surface area (Å²) in [5.74, 6) is 1.97. The van der Waals surface area contributed by atoms with Gasteiger partial charge in [0.1, 0.15) is 0 Å². The van der Waals surface area contributed by atoms with Crippen LogP contribution < -0.4 is 4.46 Å². The Hall–Kier alpha value is -5.67. The molecule has 0 bridgehead atoms. The number of benzene rings is 7. The molecule has 0 aliphatic heterocycles. The Morgan fingerprint density at radius 1 is 0.319 bits per heavy atom. The molecule has 0 aliphatic carbocycles. The van der Waals surface area contributed by atoms with E-state index in [9.17, 15) is 0 Å². The van der Waals surface area contributed by atoms with Gasteiger partial charge in [0.05, 0.1) is 0 Å². The second-order valence-electron chi connectivity index (χ2n) is 11.4. The summed E-state index contributed by atoms with van der Waals surface area (Å²) in [5.41, 5.74) is 10.1. The van der Waals surface area contributed by atoms with Crippen LogP contribution in [-0.2, 0) is 0 Å². The molecule has 0 saturated heterocycles. The molecular weight excluding hydrogens is 637 g/mol. The van der Waals surface area contributed by atoms with Gasteiger partial charge in [-0.05, 0) is 0 Å². The van der Waals surface area contributed by atoms with E-state index in [1.54, 1.807) is 0 Å². The summed E-state index contributed by atoms with van der Waals surface area (Å²) in [7, 11) is 0. The fraction of sp³-hybridized carbons (Fsp3) is 0. The summed E-state index contributed by atoms with van der Waals surface area (Å²) >= 11 is 2.81. The summed E-state index contributed by atoms with van der Waals surface area (Å²) in [4.78, 5) is 14.9. The van der Waals surface area contributed by atoms with Crippen LogP contribution >= 0.6 is 0 Å². The Kier molecular flexibility index (Phi) is 7.72. The van der Waals surface area contributed by atoms with Crippen molar-refractivity contribution in [2.75, 3.05) is 0 Å². The molecule has 0 unspecified atom stereocenters. The fourth-order valence-electron chi connectivity index (χ4n) is 6.08. The topological polar surface area (TPSA) is 38.7 Å². The quantitative estimate of drug-likeness (QED) is 0.166. The molecule has 7 aromatic carbocycles. The molecule has 0 aliphatic rings. The van der Waals surface area contributed by atoms with E-state index in [0.29, 0.717) is 17.5 Å². The number of aromatic nitrogens is 3. The molecule has 0 radical (unpaired) electrons. The van der Waals surface area contributed by atoms with E-state index in [4.69, 9.17) is 15.0 Å². The van der Waals surface area contributed by atoms with Crippen LogP contribution in [-0.4, -0.2) is 31.0 Å². The molecule has 0 amide bonds. The Balaban J connectivity index is 1.21. The molecule has 8 aromatic rings. The third kappa shape index (κ3) is 5.77. The van der Waals surface area contributed by atoms with Gasteiger partial charge in [-0.1, -0.05) is 36.4 Å². The number of nitrogens with zero attached hydrogens (tertiary/aromatic N) is 3. The molecule has 1 aromatic heterocycles. The Morgan fingerprint density at radius 3 is 1.43 bits per heavy atom. The van der Waals surface area contributed by atoms with Gasteiger partial charge < -0.3 is 0 Å². The zero-order valence-corrected chi connectivity index (χ0v) is 27.3. The van der Waals surface area contributed by atoms with Gasteiger partial charge in [0.25, 0.3) is 0 Å². The average Bonchev–Trinajstić information content (AvgIpc) is 3.15. The van der Waals surface area contributed by atoms with E-state index >= 15 is 0 Å². The fourth-order valence-corrected chi connectivity index (χ4v) is 6.94. The molecule has 222 valence electrons. The van der Waals surface area contributed by atoms with Crippen LogP contribution in [0.1, 0.15) is 0 Å². The van der Waals surface area contributed by atoms with E-state index < -0.39 is 0 Å². The first-order valence-electron chi connectivity index (χ1n) is 15.6. The molecule has 0 atom stereocenters. The second kappa shape index (κ2) is 12.6. The maximum atomic E-state index is 4.99. The van der Waals surface area contributed by atoms with Gasteiger partial charge in [-0.25, -0.2) is 0 Å². The summed E-state index contributed by atoms with van der Waals surface area (Å²) in [6.07, 6.45) is 0. The Morgan fingerprint density at radius 2 is 0.787 bits per heavy atom. The van der Waals surface area contributed by atoms with Crippen LogP contribution in [0.3, 0.4) is 0 Å². The van der Waals surface area contributed by atoms with Crippen molar-refractivity contribution >= 4 is 31.2 Å². The molecule has 4 heteroatoms. The van der Waals surface area contributed by atoms with Crippen molar-refractivity contribution in [1.82, 2.24) is 15.0 Å². The molecule has 1 heterocycles. The van der Waals surface area contributed by atoms with Crippen LogP contribution in [0.2, 0.25) is 0 Å². The molecular formula is C43H29N3Se. The van der Waals surface area contributed by atoms with Gasteiger partial charge in [-0.15, -0.1) is 0 Å². The first-order valence-corrected chi connectivity index (χ1v) is 16.5. The van der Waals surface area contributed by atoms with Gasteiger partial charge in [-0.2, -0.15) is 0 Å². The first kappa shape index (κ1) is 28.8. The summed E-state index contributed by atoms with van der Waals surface area (Å²) < 4.78 is 1.19. The van der Waals surface area contributed by atoms with Crippen LogP contribution in [0.15, 0.2) is 170 Å². The minimum absolute atomic E-state index is 0.657. The number of rotatable bonds is 6. The third-order valence-electron chi connectivity index (χ3n) is 8.45. The van der Waals surface area contributed by atoms with Crippen molar-refractivity contribution in [2.24, 2.45) is 0 Å². The van der Waals surface area contributed by atoms with E-state index in [2.05, 4.69) is 125 Å². The second-order valence-corrected chi connectivity index (χ2v) is 12.4. The molecule has 3 nitrogen and oxygen atoms in total. The zero-order chi connectivity index (χ0) is 31.6. The van der Waals surface area contributed by atoms with Crippen molar-refractivity contribution in [3.8, 4) is 67.5 Å². The Bertz CT molecular complexity index is 2300. The standard InChI is InChI=1S/C43H29N3Se/c47-40-37(34-20-10-19-32(27-34)29-13-4-1-5-14-29)22-12-23-38(40)35-25-26-36-33(28-35)21-11-24-39(36)43-45-41(30-15-6-2-7-16-30)44-42(46-43)31-17-8-3-9-18-31/h1-28,47H. The summed E-state index contributed by atoms with van der Waals surface area (Å²) in [6.45, 7) is 0. The predicted molar refractivity (Wildman–Crippen MR) is 197 cm³/mol. The molecule has 8 rings (SSSR count). The van der Waals surface area contributed by atoms with Crippen LogP contribution in [0.25, 0.3) is 78.3 Å². The Labute approximate surface area is 282 Å². The van der Waals surface area contributed by atoms with Crippen molar-refractivity contribution in [2.45, 2.75) is 0 Å². The van der Waals surface area contributed by atoms with Gasteiger partial charge in [0.15, 0.2) is 0 Å². The SMILES string of the molecule is [SeH]c1c(-c2cccc(-c3ccccc3)c2)cccc1-c1ccc2c(-c3nc(-c4ccccc4)nc(-c4ccccc4)n3)cccc2c1. The van der Waals surface area contributed by atoms with E-state index in [-0.39, 0.29) is 0 Å². The van der Waals surface area contributed by atoms with Gasteiger partial charge in [-0.3, -0.25) is 0 Å². The van der Waals surface area contributed by atoms with Crippen molar-refractivity contribution in [3.05, 3.63) is 170 Å². The summed E-state index contributed by atoms with van der Waals surface area (Å²) in [5, 5.41) is 2.23. The minimum atomic E-state index is 0.657. The van der Waals surface area contributed by atoms with Crippen LogP contribution in [0.5, 0.6) is 0 Å². The van der Waals surface area contributed by atoms with Crippen molar-refractivity contribution in [1.29, 1.82) is 0 Å². The molecule has 0 saturated carbocycles. The molecule has 0 spiro atoms. The predicted octanol–water partition coefficient (Wildman–Crippen LogP) is 9.55. The van der Waals surface area contributed by atoms with Gasteiger partial charge in [0.2, 0.25) is 0 Å². The van der Waals surface area contributed by atoms with E-state index in [1.807, 2.05) is 60.7 Å². The average molecular weight is 667 g/mol. The van der Waals surface area contributed by atoms with Crippen molar-refractivity contribution in [3.63, 3.8) is 0 Å². The molecule has 0 N–H and O–H groups in total. The normalized spacial score (nSPS) is 11.1. The van der Waals surface area contributed by atoms with Crippen LogP contribution in [0, 0.1) is 0 Å². The first-order chi connectivity index (χ1) is 23.2. The van der Waals surface area contributed by atoms with E-state index in [1.165, 1.54) is 32.3 Å². The van der Waals surface area contributed by atoms with Gasteiger partial charge in [0, 0.05) is 0 Å². The monoisotopic (exact) mass is 667 g/mol. The molecule has 47 heavy (non-hydrogen) atoms. The van der Waals surface area contributed by atoms with E-state index in [0.717, 1.165) is 33.0 Å². The van der Waals surface area contributed by atoms with Gasteiger partial charge >= 0.3 is 247 Å². The summed E-state index contributed by atoms with van der Waals surface area (Å²) in [6, 6.07) is 59.1. The maximum absolute atomic E-state index is 4.99. The number of hydrogen-bond donors (Lipinski definition) is 0. The zero-order valence-electron chi connectivity index (χ0n) is 25.5. The third-order valence-corrected chi connectivity index (χ3v) is 9.46. The number of hydrogen-bond acceptors (Lipinski definition) is 3. The van der Waals surface area contributed by atoms with Crippen molar-refractivity contribution < 1.29 is 0 Å².